The molecule has 2 aromatic heterocycles. The lowest BCUT2D eigenvalue weighted by Crippen LogP contribution is -2.30. The number of fused-ring (bicyclic) bond motifs is 3. The van der Waals surface area contributed by atoms with Crippen molar-refractivity contribution in [1.82, 2.24) is 9.97 Å². The zero-order chi connectivity index (χ0) is 16.7. The topological polar surface area (TPSA) is 84.2 Å². The highest BCUT2D eigenvalue weighted by Gasteiger charge is 2.19. The van der Waals surface area contributed by atoms with Gasteiger partial charge in [-0.2, -0.15) is 0 Å². The number of H-pyrrole nitrogens is 1. The summed E-state index contributed by atoms with van der Waals surface area (Å²) in [7, 11) is 1.63. The second-order valence-electron chi connectivity index (χ2n) is 6.20. The molecule has 0 aliphatic carbocycles. The summed E-state index contributed by atoms with van der Waals surface area (Å²) in [5.74, 6) is 1.14. The molecule has 3 aromatic rings. The van der Waals surface area contributed by atoms with Gasteiger partial charge in [0.1, 0.15) is 11.6 Å². The standard InChI is InChI=1S/C18H20N4O2/c1-24-11-5-6-12-14(9-11)20-17-13(18(19)23)10-15(21-16(12)17)22-7-3-2-4-8-22/h5-6,9-10,20H,2-4,7-8H2,1H3,(H2,19,23). The molecule has 24 heavy (non-hydrogen) atoms. The molecule has 0 bridgehead atoms. The van der Waals surface area contributed by atoms with Gasteiger partial charge in [0.15, 0.2) is 0 Å². The Labute approximate surface area is 139 Å². The summed E-state index contributed by atoms with van der Waals surface area (Å²) in [6.07, 6.45) is 3.54. The van der Waals surface area contributed by atoms with Gasteiger partial charge in [-0.05, 0) is 37.5 Å². The first-order valence-electron chi connectivity index (χ1n) is 8.22. The Morgan fingerprint density at radius 3 is 2.75 bits per heavy atom. The number of pyridine rings is 1. The van der Waals surface area contributed by atoms with Gasteiger partial charge in [-0.1, -0.05) is 0 Å². The summed E-state index contributed by atoms with van der Waals surface area (Å²) in [6, 6.07) is 7.57. The third-order valence-corrected chi connectivity index (χ3v) is 4.69. The molecule has 6 heteroatoms. The molecule has 124 valence electrons. The second kappa shape index (κ2) is 5.70. The Hall–Kier alpha value is -2.76. The molecule has 1 saturated heterocycles. The van der Waals surface area contributed by atoms with Gasteiger partial charge in [0, 0.05) is 24.5 Å². The van der Waals surface area contributed by atoms with E-state index in [1.165, 1.54) is 6.42 Å². The average Bonchev–Trinajstić information content (AvgIpc) is 2.98. The number of amides is 1. The summed E-state index contributed by atoms with van der Waals surface area (Å²) in [5.41, 5.74) is 8.46. The number of ether oxygens (including phenoxy) is 1. The van der Waals surface area contributed by atoms with E-state index in [9.17, 15) is 4.79 Å². The number of hydrogen-bond donors (Lipinski definition) is 2. The van der Waals surface area contributed by atoms with Crippen LogP contribution in [0, 0.1) is 0 Å². The van der Waals surface area contributed by atoms with Crippen LogP contribution in [0.15, 0.2) is 24.3 Å². The molecule has 1 aromatic carbocycles. The van der Waals surface area contributed by atoms with Gasteiger partial charge in [-0.15, -0.1) is 0 Å². The Kier molecular flexibility index (Phi) is 3.52. The van der Waals surface area contributed by atoms with E-state index in [0.717, 1.165) is 53.9 Å². The van der Waals surface area contributed by atoms with Crippen molar-refractivity contribution in [1.29, 1.82) is 0 Å². The number of rotatable bonds is 3. The molecule has 1 amide bonds. The van der Waals surface area contributed by atoms with Gasteiger partial charge >= 0.3 is 0 Å². The molecule has 3 N–H and O–H groups in total. The molecule has 1 fully saturated rings. The van der Waals surface area contributed by atoms with Crippen molar-refractivity contribution in [3.63, 3.8) is 0 Å². The maximum atomic E-state index is 12.0. The van der Waals surface area contributed by atoms with Crippen molar-refractivity contribution in [2.45, 2.75) is 19.3 Å². The number of carbonyl (C=O) groups is 1. The molecule has 0 saturated carbocycles. The highest BCUT2D eigenvalue weighted by atomic mass is 16.5. The number of aromatic nitrogens is 2. The molecule has 6 nitrogen and oxygen atoms in total. The number of piperidine rings is 1. The SMILES string of the molecule is COc1ccc2c(c1)[nH]c1c(C(N)=O)cc(N3CCCCC3)nc12. The number of carbonyl (C=O) groups excluding carboxylic acids is 1. The third kappa shape index (κ3) is 2.35. The number of methoxy groups -OCH3 is 1. The highest BCUT2D eigenvalue weighted by Crippen LogP contribution is 2.31. The van der Waals surface area contributed by atoms with E-state index in [-0.39, 0.29) is 0 Å². The van der Waals surface area contributed by atoms with E-state index < -0.39 is 5.91 Å². The van der Waals surface area contributed by atoms with Gasteiger partial charge in [0.2, 0.25) is 0 Å². The van der Waals surface area contributed by atoms with E-state index in [1.807, 2.05) is 24.3 Å². The van der Waals surface area contributed by atoms with E-state index in [4.69, 9.17) is 15.5 Å². The smallest absolute Gasteiger partial charge is 0.251 e. The highest BCUT2D eigenvalue weighted by molar-refractivity contribution is 6.13. The first-order valence-corrected chi connectivity index (χ1v) is 8.22. The van der Waals surface area contributed by atoms with Crippen LogP contribution in [0.1, 0.15) is 29.6 Å². The van der Waals surface area contributed by atoms with Crippen molar-refractivity contribution < 1.29 is 9.53 Å². The molecule has 3 heterocycles. The van der Waals surface area contributed by atoms with Crippen LogP contribution >= 0.6 is 0 Å². The molecular formula is C18H20N4O2. The Morgan fingerprint density at radius 1 is 1.25 bits per heavy atom. The van der Waals surface area contributed by atoms with E-state index >= 15 is 0 Å². The predicted octanol–water partition coefficient (Wildman–Crippen LogP) is 2.81. The first-order chi connectivity index (χ1) is 11.7. The fraction of sp³-hybridized carbons (Fsp3) is 0.333. The molecule has 0 radical (unpaired) electrons. The van der Waals surface area contributed by atoms with E-state index in [2.05, 4.69) is 9.88 Å². The van der Waals surface area contributed by atoms with Gasteiger partial charge in [0.05, 0.1) is 29.2 Å². The summed E-state index contributed by atoms with van der Waals surface area (Å²) < 4.78 is 5.27. The maximum absolute atomic E-state index is 12.0. The number of nitrogens with zero attached hydrogens (tertiary/aromatic N) is 2. The van der Waals surface area contributed by atoms with Gasteiger partial charge in [-0.3, -0.25) is 4.79 Å². The zero-order valence-electron chi connectivity index (χ0n) is 13.6. The Morgan fingerprint density at radius 2 is 2.04 bits per heavy atom. The molecule has 1 aliphatic heterocycles. The van der Waals surface area contributed by atoms with Gasteiger partial charge < -0.3 is 20.4 Å². The number of primary amides is 1. The van der Waals surface area contributed by atoms with Crippen LogP contribution in [0.4, 0.5) is 5.82 Å². The molecule has 0 atom stereocenters. The summed E-state index contributed by atoms with van der Waals surface area (Å²) in [5, 5.41) is 0.965. The predicted molar refractivity (Wildman–Crippen MR) is 94.7 cm³/mol. The summed E-state index contributed by atoms with van der Waals surface area (Å²) in [4.78, 5) is 22.3. The van der Waals surface area contributed by atoms with E-state index in [1.54, 1.807) is 7.11 Å². The molecule has 1 aliphatic rings. The van der Waals surface area contributed by atoms with Gasteiger partial charge in [-0.25, -0.2) is 4.98 Å². The minimum Gasteiger partial charge on any atom is -0.497 e. The second-order valence-corrected chi connectivity index (χ2v) is 6.20. The molecule has 4 rings (SSSR count). The van der Waals surface area contributed by atoms with E-state index in [0.29, 0.717) is 11.1 Å². The van der Waals surface area contributed by atoms with Crippen LogP contribution in [-0.2, 0) is 0 Å². The van der Waals surface area contributed by atoms with Crippen molar-refractivity contribution in [3.05, 3.63) is 29.8 Å². The van der Waals surface area contributed by atoms with Crippen LogP contribution in [0.5, 0.6) is 5.75 Å². The largest absolute Gasteiger partial charge is 0.497 e. The van der Waals surface area contributed by atoms with Crippen LogP contribution in [0.3, 0.4) is 0 Å². The summed E-state index contributed by atoms with van der Waals surface area (Å²) in [6.45, 7) is 1.93. The number of benzene rings is 1. The van der Waals surface area contributed by atoms with Crippen LogP contribution in [0.2, 0.25) is 0 Å². The van der Waals surface area contributed by atoms with Crippen molar-refractivity contribution in [2.75, 3.05) is 25.1 Å². The number of nitrogens with one attached hydrogen (secondary N) is 1. The van der Waals surface area contributed by atoms with Crippen molar-refractivity contribution in [2.24, 2.45) is 5.73 Å². The normalized spacial score (nSPS) is 15.1. The van der Waals surface area contributed by atoms with Crippen LogP contribution in [-0.4, -0.2) is 36.1 Å². The van der Waals surface area contributed by atoms with Crippen LogP contribution in [0.25, 0.3) is 21.9 Å². The minimum atomic E-state index is -0.445. The fourth-order valence-electron chi connectivity index (χ4n) is 3.43. The molecule has 0 unspecified atom stereocenters. The number of nitrogens with two attached hydrogens (primary N) is 1. The quantitative estimate of drug-likeness (QED) is 0.776. The fourth-order valence-corrected chi connectivity index (χ4v) is 3.43. The average molecular weight is 324 g/mol. The lowest BCUT2D eigenvalue weighted by molar-refractivity contribution is 0.100. The lowest BCUT2D eigenvalue weighted by atomic mass is 10.1. The monoisotopic (exact) mass is 324 g/mol. The molecular weight excluding hydrogens is 304 g/mol. The summed E-state index contributed by atoms with van der Waals surface area (Å²) >= 11 is 0. The van der Waals surface area contributed by atoms with Crippen LogP contribution < -0.4 is 15.4 Å². The lowest BCUT2D eigenvalue weighted by Gasteiger charge is -2.28. The number of anilines is 1. The zero-order valence-corrected chi connectivity index (χ0v) is 13.6. The van der Waals surface area contributed by atoms with Crippen molar-refractivity contribution >= 4 is 33.7 Å². The number of hydrogen-bond acceptors (Lipinski definition) is 4. The molecule has 0 spiro atoms. The minimum absolute atomic E-state index is 0.445. The van der Waals surface area contributed by atoms with Crippen molar-refractivity contribution in [3.8, 4) is 5.75 Å². The third-order valence-electron chi connectivity index (χ3n) is 4.69. The first kappa shape index (κ1) is 14.8. The Bertz CT molecular complexity index is 926. The maximum Gasteiger partial charge on any atom is 0.251 e. The Balaban J connectivity index is 1.96. The van der Waals surface area contributed by atoms with Gasteiger partial charge in [0.25, 0.3) is 5.91 Å². The number of aromatic amines is 1.